The molecule has 0 amide bonds. The van der Waals surface area contributed by atoms with Crippen molar-refractivity contribution in [1.29, 1.82) is 0 Å². The van der Waals surface area contributed by atoms with E-state index in [0.29, 0.717) is 0 Å². The number of rotatable bonds is 2. The summed E-state index contributed by atoms with van der Waals surface area (Å²) in [5.41, 5.74) is 3.16. The molecule has 2 aliphatic carbocycles. The minimum absolute atomic E-state index is 0. The van der Waals surface area contributed by atoms with Crippen molar-refractivity contribution in [2.24, 2.45) is 0 Å². The fourth-order valence-electron chi connectivity index (χ4n) is 5.69. The first-order chi connectivity index (χ1) is 16.3. The molecule has 36 heavy (non-hydrogen) atoms. The largest absolute Gasteiger partial charge is 1.00 e. The summed E-state index contributed by atoms with van der Waals surface area (Å²) in [4.78, 5) is 0. The van der Waals surface area contributed by atoms with Crippen LogP contribution >= 0.6 is 0 Å². The van der Waals surface area contributed by atoms with E-state index in [1.807, 2.05) is 0 Å². The van der Waals surface area contributed by atoms with Crippen molar-refractivity contribution >= 4 is 21.5 Å². The molecule has 3 heteroatoms. The van der Waals surface area contributed by atoms with E-state index in [0.717, 1.165) is 18.3 Å². The molecule has 2 fully saturated rings. The van der Waals surface area contributed by atoms with Crippen LogP contribution in [0, 0.1) is 13.8 Å². The minimum Gasteiger partial charge on any atom is -1.00 e. The van der Waals surface area contributed by atoms with E-state index in [1.54, 1.807) is 11.1 Å². The minimum atomic E-state index is 0. The molecule has 196 valence electrons. The van der Waals surface area contributed by atoms with E-state index in [-0.39, 0.29) is 50.7 Å². The Morgan fingerprint density at radius 2 is 0.917 bits per heavy atom. The SMILES string of the molecule is [CH2-]C[CH2-].[Cl-].[Cl-].[Hf].c1ccc2[cH-]c(C3CCCCC3)cc2c1.c1ccc2[cH-]c(C3CCCCC3)cc2c1. The van der Waals surface area contributed by atoms with Crippen molar-refractivity contribution in [3.8, 4) is 0 Å². The van der Waals surface area contributed by atoms with Crippen LogP contribution in [0.3, 0.4) is 0 Å². The average molecular weight is 686 g/mol. The summed E-state index contributed by atoms with van der Waals surface area (Å²) in [7, 11) is 0. The molecule has 2 aliphatic rings. The van der Waals surface area contributed by atoms with Crippen LogP contribution < -0.4 is 24.8 Å². The Bertz CT molecular complexity index is 943. The van der Waals surface area contributed by atoms with Crippen LogP contribution in [0.15, 0.2) is 72.8 Å². The quantitative estimate of drug-likeness (QED) is 0.219. The van der Waals surface area contributed by atoms with E-state index in [9.17, 15) is 0 Å². The molecule has 0 N–H and O–H groups in total. The Morgan fingerprint density at radius 1 is 0.583 bits per heavy atom. The van der Waals surface area contributed by atoms with Crippen LogP contribution in [0.2, 0.25) is 0 Å². The van der Waals surface area contributed by atoms with Gasteiger partial charge in [-0.3, -0.25) is 0 Å². The van der Waals surface area contributed by atoms with Gasteiger partial charge in [0.15, 0.2) is 0 Å². The molecule has 0 radical (unpaired) electrons. The van der Waals surface area contributed by atoms with Gasteiger partial charge in [-0.1, -0.05) is 50.7 Å². The maximum atomic E-state index is 3.38. The van der Waals surface area contributed by atoms with Crippen LogP contribution in [-0.2, 0) is 25.8 Å². The summed E-state index contributed by atoms with van der Waals surface area (Å²) in [6.45, 7) is 6.75. The molecule has 0 saturated heterocycles. The third-order valence-corrected chi connectivity index (χ3v) is 7.43. The average Bonchev–Trinajstić information content (AvgIpc) is 3.51. The fourth-order valence-corrected chi connectivity index (χ4v) is 5.69. The third kappa shape index (κ3) is 9.14. The number of benzene rings is 2. The monoisotopic (exact) mass is 686 g/mol. The molecular formula is C33H40Cl2Hf-6. The van der Waals surface area contributed by atoms with E-state index in [2.05, 4.69) is 86.6 Å². The zero-order valence-electron chi connectivity index (χ0n) is 21.5. The number of fused-ring (bicyclic) bond motifs is 2. The van der Waals surface area contributed by atoms with E-state index in [1.165, 1.54) is 85.8 Å². The van der Waals surface area contributed by atoms with Crippen LogP contribution in [0.4, 0.5) is 0 Å². The van der Waals surface area contributed by atoms with Gasteiger partial charge in [0.25, 0.3) is 0 Å². The van der Waals surface area contributed by atoms with Gasteiger partial charge in [0.2, 0.25) is 0 Å². The fraction of sp³-hybridized carbons (Fsp3) is 0.394. The molecule has 0 aliphatic heterocycles. The van der Waals surface area contributed by atoms with Gasteiger partial charge in [-0.2, -0.15) is 12.1 Å². The molecule has 0 spiro atoms. The van der Waals surface area contributed by atoms with Gasteiger partial charge in [0, 0.05) is 25.8 Å². The number of hydrogen-bond donors (Lipinski definition) is 0. The molecule has 0 heterocycles. The molecule has 6 rings (SSSR count). The summed E-state index contributed by atoms with van der Waals surface area (Å²) in [5.74, 6) is 1.68. The zero-order valence-corrected chi connectivity index (χ0v) is 26.6. The van der Waals surface area contributed by atoms with E-state index in [4.69, 9.17) is 0 Å². The van der Waals surface area contributed by atoms with Crippen LogP contribution in [-0.4, -0.2) is 0 Å². The van der Waals surface area contributed by atoms with E-state index < -0.39 is 0 Å². The van der Waals surface area contributed by atoms with Crippen molar-refractivity contribution in [3.05, 3.63) is 97.8 Å². The third-order valence-electron chi connectivity index (χ3n) is 7.43. The molecule has 0 nitrogen and oxygen atoms in total. The van der Waals surface area contributed by atoms with Gasteiger partial charge >= 0.3 is 0 Å². The summed E-state index contributed by atoms with van der Waals surface area (Å²) < 4.78 is 0. The second kappa shape index (κ2) is 17.6. The second-order valence-corrected chi connectivity index (χ2v) is 9.86. The van der Waals surface area contributed by atoms with Crippen molar-refractivity contribution < 1.29 is 50.7 Å². The summed E-state index contributed by atoms with van der Waals surface area (Å²) in [6, 6.07) is 27.0. The Kier molecular flexibility index (Phi) is 16.2. The molecule has 0 unspecified atom stereocenters. The Labute approximate surface area is 251 Å². The second-order valence-electron chi connectivity index (χ2n) is 9.86. The van der Waals surface area contributed by atoms with Crippen molar-refractivity contribution in [1.82, 2.24) is 0 Å². The van der Waals surface area contributed by atoms with Gasteiger partial charge in [-0.15, -0.1) is 81.2 Å². The Balaban J connectivity index is 0.000000302. The van der Waals surface area contributed by atoms with Gasteiger partial charge < -0.3 is 45.1 Å². The predicted octanol–water partition coefficient (Wildman–Crippen LogP) is 4.26. The molecule has 0 aromatic heterocycles. The van der Waals surface area contributed by atoms with Gasteiger partial charge in [-0.05, 0) is 37.5 Å². The zero-order chi connectivity index (χ0) is 22.9. The van der Waals surface area contributed by atoms with Gasteiger partial charge in [0.1, 0.15) is 0 Å². The van der Waals surface area contributed by atoms with E-state index >= 15 is 0 Å². The molecule has 4 aromatic rings. The van der Waals surface area contributed by atoms with Crippen molar-refractivity contribution in [3.63, 3.8) is 0 Å². The Morgan fingerprint density at radius 3 is 1.25 bits per heavy atom. The molecule has 4 aromatic carbocycles. The van der Waals surface area contributed by atoms with Crippen LogP contribution in [0.5, 0.6) is 0 Å². The Hall–Kier alpha value is -0.890. The number of hydrogen-bond acceptors (Lipinski definition) is 0. The van der Waals surface area contributed by atoms with Gasteiger partial charge in [0.05, 0.1) is 0 Å². The molecule has 2 saturated carbocycles. The predicted molar refractivity (Wildman–Crippen MR) is 146 cm³/mol. The summed E-state index contributed by atoms with van der Waals surface area (Å²) in [5, 5.41) is 5.66. The summed E-state index contributed by atoms with van der Waals surface area (Å²) >= 11 is 0. The first-order valence-electron chi connectivity index (χ1n) is 13.2. The molecule has 0 atom stereocenters. The maximum Gasteiger partial charge on any atom is 0 e. The standard InChI is InChI=1S/2C15H17.C3H6.2ClH.Hf/c2*1-2-6-12(7-3-1)15-10-13-8-4-5-9-14(13)11-15;1-3-2;;;/h2*4-5,8-12H,1-3,6-7H2;1-3H2;2*1H;/q2*-1;-2;;;/p-2. The first-order valence-corrected chi connectivity index (χ1v) is 13.2. The molecular weight excluding hydrogens is 646 g/mol. The van der Waals surface area contributed by atoms with Crippen molar-refractivity contribution in [2.75, 3.05) is 0 Å². The number of halogens is 2. The smallest absolute Gasteiger partial charge is 0 e. The van der Waals surface area contributed by atoms with Crippen molar-refractivity contribution in [2.45, 2.75) is 82.5 Å². The van der Waals surface area contributed by atoms with Crippen LogP contribution in [0.25, 0.3) is 21.5 Å². The summed E-state index contributed by atoms with van der Waals surface area (Å²) in [6.07, 6.45) is 14.9. The topological polar surface area (TPSA) is 0 Å². The normalized spacial score (nSPS) is 15.8. The van der Waals surface area contributed by atoms with Crippen LogP contribution in [0.1, 0.15) is 93.6 Å². The molecule has 0 bridgehead atoms. The first kappa shape index (κ1) is 33.1. The maximum absolute atomic E-state index is 3.38. The van der Waals surface area contributed by atoms with Gasteiger partial charge in [-0.25, -0.2) is 0 Å².